The molecular weight excluding hydrogens is 689 g/mol. The Bertz CT molecular complexity index is 3340. The van der Waals surface area contributed by atoms with Crippen LogP contribution < -0.4 is 0 Å². The van der Waals surface area contributed by atoms with Crippen molar-refractivity contribution in [2.45, 2.75) is 6.42 Å². The van der Waals surface area contributed by atoms with E-state index in [4.69, 9.17) is 0 Å². The van der Waals surface area contributed by atoms with Crippen LogP contribution in [0.25, 0.3) is 99.5 Å². The first-order chi connectivity index (χ1) is 28.3. The van der Waals surface area contributed by atoms with Gasteiger partial charge in [0.1, 0.15) is 0 Å². The molecule has 0 spiro atoms. The molecule has 9 aromatic carbocycles. The topological polar surface area (TPSA) is 9.86 Å². The van der Waals surface area contributed by atoms with E-state index in [2.05, 4.69) is 215 Å². The number of aromatic nitrogens is 2. The Morgan fingerprint density at radius 3 is 1.37 bits per heavy atom. The highest BCUT2D eigenvalue weighted by molar-refractivity contribution is 6.12. The Hall–Kier alpha value is -7.42. The van der Waals surface area contributed by atoms with Gasteiger partial charge in [0.2, 0.25) is 0 Å². The fourth-order valence-corrected chi connectivity index (χ4v) is 9.51. The van der Waals surface area contributed by atoms with Crippen molar-refractivity contribution in [2.75, 3.05) is 0 Å². The van der Waals surface area contributed by atoms with E-state index in [1.165, 1.54) is 105 Å². The molecular formula is C55H36N2. The third-order valence-electron chi connectivity index (χ3n) is 12.2. The van der Waals surface area contributed by atoms with Crippen LogP contribution in [0.1, 0.15) is 11.1 Å². The summed E-state index contributed by atoms with van der Waals surface area (Å²) in [5, 5.41) is 5.03. The first-order valence-electron chi connectivity index (χ1n) is 19.8. The Morgan fingerprint density at radius 1 is 0.281 bits per heavy atom. The molecule has 2 aromatic heterocycles. The van der Waals surface area contributed by atoms with Gasteiger partial charge in [-0.25, -0.2) is 0 Å². The van der Waals surface area contributed by atoms with Gasteiger partial charge in [0, 0.05) is 32.9 Å². The van der Waals surface area contributed by atoms with Crippen LogP contribution in [0.4, 0.5) is 0 Å². The molecule has 12 rings (SSSR count). The quantitative estimate of drug-likeness (QED) is 0.167. The Kier molecular flexibility index (Phi) is 7.02. The highest BCUT2D eigenvalue weighted by Crippen LogP contribution is 2.43. The van der Waals surface area contributed by atoms with Gasteiger partial charge in [-0.3, -0.25) is 0 Å². The molecule has 0 amide bonds. The Balaban J connectivity index is 0.935. The lowest BCUT2D eigenvalue weighted by Crippen LogP contribution is -1.94. The zero-order valence-electron chi connectivity index (χ0n) is 31.2. The van der Waals surface area contributed by atoms with Crippen LogP contribution in [0.5, 0.6) is 0 Å². The summed E-state index contributed by atoms with van der Waals surface area (Å²) in [5.41, 5.74) is 20.2. The van der Waals surface area contributed by atoms with Crippen LogP contribution in [-0.4, -0.2) is 9.13 Å². The molecule has 2 nitrogen and oxygen atoms in total. The molecule has 0 fully saturated rings. The molecule has 2 heteroatoms. The van der Waals surface area contributed by atoms with E-state index < -0.39 is 0 Å². The second-order valence-electron chi connectivity index (χ2n) is 15.3. The predicted molar refractivity (Wildman–Crippen MR) is 240 cm³/mol. The molecule has 0 bridgehead atoms. The lowest BCUT2D eigenvalue weighted by molar-refractivity contribution is 1.18. The number of hydrogen-bond donors (Lipinski definition) is 0. The molecule has 266 valence electrons. The van der Waals surface area contributed by atoms with E-state index in [9.17, 15) is 0 Å². The molecule has 0 N–H and O–H groups in total. The van der Waals surface area contributed by atoms with Gasteiger partial charge in [-0.15, -0.1) is 0 Å². The summed E-state index contributed by atoms with van der Waals surface area (Å²) in [6.45, 7) is 0. The van der Waals surface area contributed by atoms with Crippen molar-refractivity contribution in [2.24, 2.45) is 0 Å². The second-order valence-corrected chi connectivity index (χ2v) is 15.3. The summed E-state index contributed by atoms with van der Waals surface area (Å²) in [6.07, 6.45) is 0.983. The smallest absolute Gasteiger partial charge is 0.0541 e. The van der Waals surface area contributed by atoms with Crippen molar-refractivity contribution in [1.82, 2.24) is 9.13 Å². The second kappa shape index (κ2) is 12.6. The molecule has 1 aliphatic carbocycles. The van der Waals surface area contributed by atoms with Gasteiger partial charge in [0.25, 0.3) is 0 Å². The van der Waals surface area contributed by atoms with Crippen LogP contribution in [0.3, 0.4) is 0 Å². The van der Waals surface area contributed by atoms with Crippen molar-refractivity contribution in [3.05, 3.63) is 217 Å². The molecule has 0 atom stereocenters. The molecule has 2 heterocycles. The van der Waals surface area contributed by atoms with E-state index in [-0.39, 0.29) is 0 Å². The maximum absolute atomic E-state index is 2.42. The molecule has 1 aliphatic rings. The number of fused-ring (bicyclic) bond motifs is 9. The largest absolute Gasteiger partial charge is 0.309 e. The third-order valence-corrected chi connectivity index (χ3v) is 12.2. The van der Waals surface area contributed by atoms with Gasteiger partial charge in [-0.05, 0) is 123 Å². The number of hydrogen-bond acceptors (Lipinski definition) is 0. The Labute approximate surface area is 331 Å². The van der Waals surface area contributed by atoms with Crippen molar-refractivity contribution in [3.63, 3.8) is 0 Å². The summed E-state index contributed by atoms with van der Waals surface area (Å²) in [4.78, 5) is 0. The van der Waals surface area contributed by atoms with Crippen LogP contribution in [0, 0.1) is 0 Å². The molecule has 0 saturated carbocycles. The fourth-order valence-electron chi connectivity index (χ4n) is 9.51. The zero-order chi connectivity index (χ0) is 37.5. The summed E-state index contributed by atoms with van der Waals surface area (Å²) in [6, 6.07) is 75.8. The summed E-state index contributed by atoms with van der Waals surface area (Å²) in [5.74, 6) is 0. The monoisotopic (exact) mass is 724 g/mol. The highest BCUT2D eigenvalue weighted by Gasteiger charge is 2.22. The SMILES string of the molecule is c1ccc(-c2ccc(-n3c4ccccc4c4cc(-c5ccc6c(c5)c5ccccc5n6-c5ccc(-c6cccc7c6Cc6ccccc6-7)cc5)ccc43)cc2)cc1. The number of nitrogens with zero attached hydrogens (tertiary/aromatic N) is 2. The van der Waals surface area contributed by atoms with Crippen molar-refractivity contribution in [3.8, 4) is 55.9 Å². The summed E-state index contributed by atoms with van der Waals surface area (Å²) < 4.78 is 4.82. The molecule has 0 aliphatic heterocycles. The number of benzene rings is 9. The first kappa shape index (κ1) is 31.9. The van der Waals surface area contributed by atoms with Crippen LogP contribution >= 0.6 is 0 Å². The Morgan fingerprint density at radius 2 is 0.737 bits per heavy atom. The van der Waals surface area contributed by atoms with Gasteiger partial charge >= 0.3 is 0 Å². The minimum absolute atomic E-state index is 0.983. The lowest BCUT2D eigenvalue weighted by atomic mass is 9.95. The highest BCUT2D eigenvalue weighted by atomic mass is 15.0. The maximum atomic E-state index is 2.42. The minimum atomic E-state index is 0.983. The average molecular weight is 725 g/mol. The van der Waals surface area contributed by atoms with E-state index in [1.54, 1.807) is 0 Å². The maximum Gasteiger partial charge on any atom is 0.0541 e. The predicted octanol–water partition coefficient (Wildman–Crippen LogP) is 14.5. The van der Waals surface area contributed by atoms with Gasteiger partial charge < -0.3 is 9.13 Å². The van der Waals surface area contributed by atoms with E-state index in [1.807, 2.05) is 0 Å². The molecule has 0 radical (unpaired) electrons. The summed E-state index contributed by atoms with van der Waals surface area (Å²) >= 11 is 0. The van der Waals surface area contributed by atoms with Crippen LogP contribution in [0.2, 0.25) is 0 Å². The van der Waals surface area contributed by atoms with Gasteiger partial charge in [0.05, 0.1) is 22.1 Å². The van der Waals surface area contributed by atoms with Gasteiger partial charge in [-0.1, -0.05) is 146 Å². The zero-order valence-corrected chi connectivity index (χ0v) is 31.2. The number of para-hydroxylation sites is 2. The number of rotatable bonds is 5. The first-order valence-corrected chi connectivity index (χ1v) is 19.8. The van der Waals surface area contributed by atoms with Crippen molar-refractivity contribution < 1.29 is 0 Å². The molecule has 0 saturated heterocycles. The standard InChI is InChI=1S/C55H36N2/c1-2-11-36(12-3-1)37-21-27-42(28-22-37)56-52-19-8-6-15-47(52)50-33-39(25-31-54(50)56)40-26-32-55-51(34-40)48-16-7-9-20-53(48)57(55)43-29-23-38(24-30-43)44-17-10-18-46-45-14-5-4-13-41(45)35-49(44)46/h1-34H,35H2. The minimum Gasteiger partial charge on any atom is -0.309 e. The van der Waals surface area contributed by atoms with Crippen molar-refractivity contribution in [1.29, 1.82) is 0 Å². The fraction of sp³-hybridized carbons (Fsp3) is 0.0182. The van der Waals surface area contributed by atoms with Crippen LogP contribution in [0.15, 0.2) is 206 Å². The molecule has 11 aromatic rings. The average Bonchev–Trinajstić information content (AvgIpc) is 3.94. The van der Waals surface area contributed by atoms with E-state index in [0.717, 1.165) is 12.1 Å². The van der Waals surface area contributed by atoms with E-state index >= 15 is 0 Å². The van der Waals surface area contributed by atoms with Crippen molar-refractivity contribution >= 4 is 43.6 Å². The van der Waals surface area contributed by atoms with Gasteiger partial charge in [0.15, 0.2) is 0 Å². The normalized spacial score (nSPS) is 12.1. The molecule has 57 heavy (non-hydrogen) atoms. The lowest BCUT2D eigenvalue weighted by Gasteiger charge is -2.12. The van der Waals surface area contributed by atoms with Gasteiger partial charge in [-0.2, -0.15) is 0 Å². The molecule has 0 unspecified atom stereocenters. The van der Waals surface area contributed by atoms with Crippen LogP contribution in [-0.2, 0) is 6.42 Å². The third kappa shape index (κ3) is 4.97. The summed E-state index contributed by atoms with van der Waals surface area (Å²) in [7, 11) is 0. The van der Waals surface area contributed by atoms with E-state index in [0.29, 0.717) is 0 Å².